The van der Waals surface area contributed by atoms with E-state index in [0.717, 1.165) is 5.56 Å². The first-order valence-electron chi connectivity index (χ1n) is 9.34. The summed E-state index contributed by atoms with van der Waals surface area (Å²) in [7, 11) is -3.55. The minimum atomic E-state index is -3.55. The molecule has 1 aliphatic rings. The number of piperazine rings is 1. The van der Waals surface area contributed by atoms with Crippen LogP contribution in [0.25, 0.3) is 0 Å². The second-order valence-electron chi connectivity index (χ2n) is 8.12. The van der Waals surface area contributed by atoms with Crippen LogP contribution >= 0.6 is 0 Å². The van der Waals surface area contributed by atoms with Crippen LogP contribution in [-0.2, 0) is 14.8 Å². The number of sulfonamides is 1. The quantitative estimate of drug-likeness (QED) is 0.780. The fourth-order valence-corrected chi connectivity index (χ4v) is 4.37. The maximum absolute atomic E-state index is 12.8. The fourth-order valence-electron chi connectivity index (χ4n) is 2.94. The molecule has 1 heterocycles. The largest absolute Gasteiger partial charge is 0.333 e. The molecule has 28 heavy (non-hydrogen) atoms. The molecule has 0 aromatic heterocycles. The molecule has 0 spiro atoms. The first kappa shape index (κ1) is 22.3. The number of aryl methyl sites for hydroxylation is 1. The van der Waals surface area contributed by atoms with Crippen LogP contribution in [0.1, 0.15) is 33.3 Å². The molecule has 0 unspecified atom stereocenters. The van der Waals surface area contributed by atoms with Gasteiger partial charge in [-0.05, 0) is 46.8 Å². The van der Waals surface area contributed by atoms with Gasteiger partial charge in [-0.2, -0.15) is 4.31 Å². The topological polar surface area (TPSA) is 98.8 Å². The van der Waals surface area contributed by atoms with E-state index in [1.54, 1.807) is 31.2 Å². The number of nitrogens with one attached hydrogen (secondary N) is 2. The van der Waals surface area contributed by atoms with Crippen LogP contribution in [0.15, 0.2) is 29.2 Å². The van der Waals surface area contributed by atoms with Crippen LogP contribution in [0.4, 0.5) is 4.79 Å². The molecular formula is C19H30N4O4S. The van der Waals surface area contributed by atoms with Gasteiger partial charge in [0, 0.05) is 31.7 Å². The van der Waals surface area contributed by atoms with Crippen molar-refractivity contribution >= 4 is 22.0 Å². The highest BCUT2D eigenvalue weighted by Gasteiger charge is 2.32. The highest BCUT2D eigenvalue weighted by atomic mass is 32.2. The van der Waals surface area contributed by atoms with Crippen molar-refractivity contribution in [3.8, 4) is 0 Å². The Labute approximate surface area is 167 Å². The summed E-state index contributed by atoms with van der Waals surface area (Å²) >= 11 is 0. The van der Waals surface area contributed by atoms with Gasteiger partial charge in [0.1, 0.15) is 0 Å². The Kier molecular flexibility index (Phi) is 6.84. The van der Waals surface area contributed by atoms with Crippen LogP contribution in [0, 0.1) is 6.92 Å². The van der Waals surface area contributed by atoms with Crippen LogP contribution in [0.5, 0.6) is 0 Å². The maximum Gasteiger partial charge on any atom is 0.321 e. The third-order valence-corrected chi connectivity index (χ3v) is 6.50. The second-order valence-corrected chi connectivity index (χ2v) is 10.1. The van der Waals surface area contributed by atoms with Gasteiger partial charge in [-0.15, -0.1) is 0 Å². The lowest BCUT2D eigenvalue weighted by atomic mass is 10.1. The molecular weight excluding hydrogens is 380 g/mol. The number of carbonyl (C=O) groups excluding carboxylic acids is 2. The number of urea groups is 1. The number of nitrogens with zero attached hydrogens (tertiary/aromatic N) is 2. The van der Waals surface area contributed by atoms with E-state index in [1.807, 2.05) is 32.6 Å². The Morgan fingerprint density at radius 1 is 1.04 bits per heavy atom. The first-order chi connectivity index (χ1) is 12.9. The predicted molar refractivity (Wildman–Crippen MR) is 107 cm³/mol. The molecule has 9 heteroatoms. The first-order valence-corrected chi connectivity index (χ1v) is 10.8. The van der Waals surface area contributed by atoms with Gasteiger partial charge < -0.3 is 5.32 Å². The number of imide groups is 1. The third kappa shape index (κ3) is 5.76. The van der Waals surface area contributed by atoms with Gasteiger partial charge in [-0.25, -0.2) is 13.2 Å². The maximum atomic E-state index is 12.8. The summed E-state index contributed by atoms with van der Waals surface area (Å²) in [4.78, 5) is 26.3. The molecule has 0 aliphatic carbocycles. The average molecular weight is 411 g/mol. The van der Waals surface area contributed by atoms with E-state index < -0.39 is 33.5 Å². The fraction of sp³-hybridized carbons (Fsp3) is 0.579. The highest BCUT2D eigenvalue weighted by molar-refractivity contribution is 7.89. The average Bonchev–Trinajstić information content (AvgIpc) is 2.59. The molecule has 3 amide bonds. The number of rotatable bonds is 4. The van der Waals surface area contributed by atoms with Crippen LogP contribution < -0.4 is 10.6 Å². The molecule has 156 valence electrons. The zero-order valence-electron chi connectivity index (χ0n) is 17.2. The van der Waals surface area contributed by atoms with E-state index in [-0.39, 0.29) is 4.90 Å². The summed E-state index contributed by atoms with van der Waals surface area (Å²) in [6, 6.07) is 5.71. The van der Waals surface area contributed by atoms with Crippen molar-refractivity contribution in [2.45, 2.75) is 51.1 Å². The van der Waals surface area contributed by atoms with Gasteiger partial charge in [-0.3, -0.25) is 15.0 Å². The third-order valence-electron chi connectivity index (χ3n) is 4.58. The highest BCUT2D eigenvalue weighted by Crippen LogP contribution is 2.19. The zero-order valence-corrected chi connectivity index (χ0v) is 18.0. The minimum absolute atomic E-state index is 0.274. The standard InChI is InChI=1S/C19H30N4O4S/c1-14-6-8-16(9-7-14)28(26,27)23-12-10-22(11-13-23)15(2)17(24)20-18(25)21-19(3,4)5/h6-9,15H,10-13H2,1-5H3,(H2,20,21,24,25)/t15-/m0/s1. The smallest absolute Gasteiger partial charge is 0.321 e. The van der Waals surface area contributed by atoms with E-state index in [9.17, 15) is 18.0 Å². The molecule has 1 aromatic carbocycles. The molecule has 1 fully saturated rings. The SMILES string of the molecule is Cc1ccc(S(=O)(=O)N2CCN([C@@H](C)C(=O)NC(=O)NC(C)(C)C)CC2)cc1. The van der Waals surface area contributed by atoms with Crippen molar-refractivity contribution in [2.24, 2.45) is 0 Å². The molecule has 8 nitrogen and oxygen atoms in total. The zero-order chi connectivity index (χ0) is 21.1. The van der Waals surface area contributed by atoms with E-state index in [1.165, 1.54) is 4.31 Å². The molecule has 2 rings (SSSR count). The van der Waals surface area contributed by atoms with Gasteiger partial charge in [0.15, 0.2) is 0 Å². The van der Waals surface area contributed by atoms with Gasteiger partial charge in [0.05, 0.1) is 10.9 Å². The Bertz CT molecular complexity index is 807. The Balaban J connectivity index is 1.93. The van der Waals surface area contributed by atoms with Gasteiger partial charge in [0.25, 0.3) is 0 Å². The molecule has 2 N–H and O–H groups in total. The Morgan fingerprint density at radius 3 is 2.07 bits per heavy atom. The summed E-state index contributed by atoms with van der Waals surface area (Å²) in [5.74, 6) is -0.406. The second kappa shape index (κ2) is 8.59. The molecule has 0 saturated carbocycles. The molecule has 1 atom stereocenters. The number of hydrogen-bond acceptors (Lipinski definition) is 5. The summed E-state index contributed by atoms with van der Waals surface area (Å²) in [5.41, 5.74) is 0.558. The lowest BCUT2D eigenvalue weighted by Gasteiger charge is -2.36. The van der Waals surface area contributed by atoms with Crippen LogP contribution in [0.2, 0.25) is 0 Å². The predicted octanol–water partition coefficient (Wildman–Crippen LogP) is 1.31. The number of hydrogen-bond donors (Lipinski definition) is 2. The molecule has 0 bridgehead atoms. The van der Waals surface area contributed by atoms with Crippen LogP contribution in [-0.4, -0.2) is 67.3 Å². The van der Waals surface area contributed by atoms with E-state index in [2.05, 4.69) is 10.6 Å². The lowest BCUT2D eigenvalue weighted by molar-refractivity contribution is -0.125. The van der Waals surface area contributed by atoms with Crippen molar-refractivity contribution in [1.82, 2.24) is 19.8 Å². The Hall–Kier alpha value is -1.97. The van der Waals surface area contributed by atoms with E-state index >= 15 is 0 Å². The van der Waals surface area contributed by atoms with Gasteiger partial charge >= 0.3 is 6.03 Å². The molecule has 0 radical (unpaired) electrons. The normalized spacial score (nSPS) is 17.8. The van der Waals surface area contributed by atoms with Gasteiger partial charge in [-0.1, -0.05) is 17.7 Å². The number of benzene rings is 1. The summed E-state index contributed by atoms with van der Waals surface area (Å²) < 4.78 is 27.0. The van der Waals surface area contributed by atoms with E-state index in [4.69, 9.17) is 0 Å². The van der Waals surface area contributed by atoms with Gasteiger partial charge in [0.2, 0.25) is 15.9 Å². The van der Waals surface area contributed by atoms with E-state index in [0.29, 0.717) is 26.2 Å². The molecule has 1 aliphatic heterocycles. The molecule has 1 aromatic rings. The molecule has 1 saturated heterocycles. The van der Waals surface area contributed by atoms with Crippen molar-refractivity contribution in [3.63, 3.8) is 0 Å². The van der Waals surface area contributed by atoms with Crippen molar-refractivity contribution in [3.05, 3.63) is 29.8 Å². The number of carbonyl (C=O) groups is 2. The summed E-state index contributed by atoms with van der Waals surface area (Å²) in [6.45, 7) is 10.5. The van der Waals surface area contributed by atoms with Crippen molar-refractivity contribution in [1.29, 1.82) is 0 Å². The summed E-state index contributed by atoms with van der Waals surface area (Å²) in [5, 5.41) is 5.02. The van der Waals surface area contributed by atoms with Crippen LogP contribution in [0.3, 0.4) is 0 Å². The number of amides is 3. The minimum Gasteiger partial charge on any atom is -0.333 e. The van der Waals surface area contributed by atoms with Crippen molar-refractivity contribution < 1.29 is 18.0 Å². The monoisotopic (exact) mass is 410 g/mol. The Morgan fingerprint density at radius 2 is 1.57 bits per heavy atom. The summed E-state index contributed by atoms with van der Waals surface area (Å²) in [6.07, 6.45) is 0. The lowest BCUT2D eigenvalue weighted by Crippen LogP contribution is -2.57. The van der Waals surface area contributed by atoms with Crippen molar-refractivity contribution in [2.75, 3.05) is 26.2 Å².